The van der Waals surface area contributed by atoms with Crippen LogP contribution in [0, 0.1) is 35.8 Å². The van der Waals surface area contributed by atoms with Gasteiger partial charge in [0.25, 0.3) is 17.2 Å². The number of pyridine rings is 2. The minimum atomic E-state index is -0.535. The van der Waals surface area contributed by atoms with Crippen LogP contribution in [0.1, 0.15) is 11.4 Å². The zero-order chi connectivity index (χ0) is 22.3. The van der Waals surface area contributed by atoms with E-state index >= 15 is 0 Å². The van der Waals surface area contributed by atoms with Crippen molar-refractivity contribution in [3.05, 3.63) is 79.2 Å². The van der Waals surface area contributed by atoms with Crippen molar-refractivity contribution in [1.82, 2.24) is 18.8 Å². The van der Waals surface area contributed by atoms with Crippen molar-refractivity contribution in [1.29, 1.82) is 10.5 Å². The number of fused-ring (bicyclic) bond motifs is 4. The minimum Gasteiger partial charge on any atom is -0.372 e. The number of benzene rings is 2. The second-order valence-corrected chi connectivity index (χ2v) is 7.01. The molecule has 2 aromatic carbocycles. The molecule has 32 heavy (non-hydrogen) atoms. The highest BCUT2D eigenvalue weighted by Crippen LogP contribution is 2.38. The molecular formula is C22H4N8O2. The lowest BCUT2D eigenvalue weighted by Crippen LogP contribution is -2.17. The summed E-state index contributed by atoms with van der Waals surface area (Å²) in [6, 6.07) is 10.0. The maximum atomic E-state index is 13.3. The van der Waals surface area contributed by atoms with E-state index in [4.69, 9.17) is 13.1 Å². The van der Waals surface area contributed by atoms with Gasteiger partial charge in [-0.25, -0.2) is 14.2 Å². The summed E-state index contributed by atoms with van der Waals surface area (Å²) in [7, 11) is 0. The van der Waals surface area contributed by atoms with Gasteiger partial charge in [0.05, 0.1) is 10.8 Å². The van der Waals surface area contributed by atoms with Gasteiger partial charge in [-0.2, -0.15) is 14.9 Å². The molecule has 0 fully saturated rings. The fourth-order valence-corrected chi connectivity index (χ4v) is 4.39. The molecule has 0 unspecified atom stereocenters. The van der Waals surface area contributed by atoms with Gasteiger partial charge in [0, 0.05) is 21.5 Å². The number of hydrogen-bond acceptors (Lipinski definition) is 6. The van der Waals surface area contributed by atoms with Crippen LogP contribution in [0.3, 0.4) is 0 Å². The van der Waals surface area contributed by atoms with E-state index < -0.39 is 11.1 Å². The van der Waals surface area contributed by atoms with Gasteiger partial charge >= 0.3 is 11.2 Å². The van der Waals surface area contributed by atoms with Gasteiger partial charge in [-0.15, -0.1) is 0 Å². The average molecular weight is 412 g/mol. The van der Waals surface area contributed by atoms with Crippen molar-refractivity contribution < 1.29 is 0 Å². The molecular weight excluding hydrogens is 408 g/mol. The van der Waals surface area contributed by atoms with Crippen molar-refractivity contribution >= 4 is 55.2 Å². The lowest BCUT2D eigenvalue weighted by atomic mass is 9.96. The normalized spacial score (nSPS) is 11.2. The molecule has 0 aliphatic heterocycles. The molecule has 4 heterocycles. The Balaban J connectivity index is 2.00. The standard InChI is InChI=1S/C22H4N8O2/c1-25-17-20(26-2)30-19(28-17)10-4-5-11-15-9(3-6-12(16(10)15)22(30)32)18-27-13(7-23)14(8-24)29(18)21(11)31/h3-6H. The van der Waals surface area contributed by atoms with Gasteiger partial charge < -0.3 is 9.69 Å². The Morgan fingerprint density at radius 3 is 1.88 bits per heavy atom. The van der Waals surface area contributed by atoms with Crippen LogP contribution in [0.15, 0.2) is 33.9 Å². The summed E-state index contributed by atoms with van der Waals surface area (Å²) in [6.07, 6.45) is 0. The summed E-state index contributed by atoms with van der Waals surface area (Å²) in [5.74, 6) is -0.340. The van der Waals surface area contributed by atoms with Crippen LogP contribution in [-0.4, -0.2) is 18.8 Å². The summed E-state index contributed by atoms with van der Waals surface area (Å²) in [4.78, 5) is 41.6. The van der Waals surface area contributed by atoms with Crippen LogP contribution in [0.25, 0.3) is 53.3 Å². The number of imidazole rings is 2. The highest BCUT2D eigenvalue weighted by molar-refractivity contribution is 6.27. The molecule has 6 aromatic rings. The first-order valence-electron chi connectivity index (χ1n) is 9.06. The number of nitrogens with zero attached hydrogens (tertiary/aromatic N) is 8. The SMILES string of the molecule is [C-]#[N+]c1nc2c3ccc4c(=O)n5c(C#N)c(C#N)nc5c5ccc(c(=O)n2c1[N+]#[C-])c3c45. The maximum Gasteiger partial charge on any atom is 0.333 e. The lowest BCUT2D eigenvalue weighted by molar-refractivity contribution is 1.11. The minimum absolute atomic E-state index is 0.143. The van der Waals surface area contributed by atoms with Crippen molar-refractivity contribution in [2.45, 2.75) is 0 Å². The molecule has 0 saturated heterocycles. The van der Waals surface area contributed by atoms with E-state index in [-0.39, 0.29) is 45.1 Å². The van der Waals surface area contributed by atoms with E-state index in [1.807, 2.05) is 12.1 Å². The molecule has 0 amide bonds. The van der Waals surface area contributed by atoms with Gasteiger partial charge in [0.1, 0.15) is 17.8 Å². The number of hydrogen-bond donors (Lipinski definition) is 0. The van der Waals surface area contributed by atoms with Gasteiger partial charge in [0.15, 0.2) is 11.4 Å². The smallest absolute Gasteiger partial charge is 0.333 e. The first-order valence-corrected chi connectivity index (χ1v) is 9.06. The highest BCUT2D eigenvalue weighted by atomic mass is 16.1. The number of aromatic nitrogens is 4. The summed E-state index contributed by atoms with van der Waals surface area (Å²) < 4.78 is 2.23. The monoisotopic (exact) mass is 412 g/mol. The molecule has 6 rings (SSSR count). The van der Waals surface area contributed by atoms with Gasteiger partial charge in [0.2, 0.25) is 0 Å². The van der Waals surface area contributed by atoms with Crippen LogP contribution in [0.2, 0.25) is 0 Å². The Labute approximate surface area is 176 Å². The first-order chi connectivity index (χ1) is 15.5. The predicted molar refractivity (Wildman–Crippen MR) is 113 cm³/mol. The third-order valence-electron chi connectivity index (χ3n) is 5.65. The van der Waals surface area contributed by atoms with E-state index in [0.717, 1.165) is 8.80 Å². The van der Waals surface area contributed by atoms with Crippen LogP contribution < -0.4 is 11.1 Å². The summed E-state index contributed by atoms with van der Waals surface area (Å²) in [6.45, 7) is 14.7. The van der Waals surface area contributed by atoms with Crippen LogP contribution >= 0.6 is 0 Å². The quantitative estimate of drug-likeness (QED) is 0.279. The zero-order valence-electron chi connectivity index (χ0n) is 15.7. The largest absolute Gasteiger partial charge is 0.372 e. The predicted octanol–water partition coefficient (Wildman–Crippen LogP) is 2.88. The third-order valence-corrected chi connectivity index (χ3v) is 5.65. The number of rotatable bonds is 0. The fraction of sp³-hybridized carbons (Fsp3) is 0. The molecule has 0 bridgehead atoms. The maximum absolute atomic E-state index is 13.3. The van der Waals surface area contributed by atoms with Crippen LogP contribution in [0.5, 0.6) is 0 Å². The Bertz CT molecular complexity index is 1970. The van der Waals surface area contributed by atoms with E-state index in [1.54, 1.807) is 24.3 Å². The fourth-order valence-electron chi connectivity index (χ4n) is 4.39. The Kier molecular flexibility index (Phi) is 2.98. The molecule has 0 aliphatic rings. The summed E-state index contributed by atoms with van der Waals surface area (Å²) >= 11 is 0. The second kappa shape index (κ2) is 5.52. The molecule has 0 atom stereocenters. The van der Waals surface area contributed by atoms with Crippen molar-refractivity contribution in [3.63, 3.8) is 0 Å². The van der Waals surface area contributed by atoms with Crippen molar-refractivity contribution in [2.24, 2.45) is 0 Å². The molecule has 0 aliphatic carbocycles. The van der Waals surface area contributed by atoms with Crippen molar-refractivity contribution in [2.75, 3.05) is 0 Å². The lowest BCUT2D eigenvalue weighted by Gasteiger charge is -2.10. The van der Waals surface area contributed by atoms with E-state index in [1.165, 1.54) is 0 Å². The van der Waals surface area contributed by atoms with Gasteiger partial charge in [-0.1, -0.05) is 18.1 Å². The Morgan fingerprint density at radius 2 is 1.34 bits per heavy atom. The molecule has 0 N–H and O–H groups in total. The van der Waals surface area contributed by atoms with E-state index in [0.29, 0.717) is 21.5 Å². The van der Waals surface area contributed by atoms with Gasteiger partial charge in [-0.05, 0) is 24.3 Å². The summed E-state index contributed by atoms with van der Waals surface area (Å²) in [5.41, 5.74) is -1.08. The molecule has 144 valence electrons. The number of nitriles is 2. The average Bonchev–Trinajstić information content (AvgIpc) is 3.39. The van der Waals surface area contributed by atoms with Gasteiger partial charge in [-0.3, -0.25) is 4.79 Å². The second-order valence-electron chi connectivity index (χ2n) is 7.01. The molecule has 0 saturated carbocycles. The van der Waals surface area contributed by atoms with E-state index in [9.17, 15) is 20.1 Å². The van der Waals surface area contributed by atoms with Crippen LogP contribution in [0.4, 0.5) is 11.6 Å². The molecule has 10 nitrogen and oxygen atoms in total. The topological polar surface area (TPSA) is 125 Å². The molecule has 10 heteroatoms. The van der Waals surface area contributed by atoms with Crippen molar-refractivity contribution in [3.8, 4) is 12.1 Å². The van der Waals surface area contributed by atoms with E-state index in [2.05, 4.69) is 19.7 Å². The summed E-state index contributed by atoms with van der Waals surface area (Å²) in [5, 5.41) is 21.2. The first kappa shape index (κ1) is 17.3. The molecule has 4 aromatic heterocycles. The molecule has 0 radical (unpaired) electrons. The highest BCUT2D eigenvalue weighted by Gasteiger charge is 2.27. The molecule has 0 spiro atoms. The Morgan fingerprint density at radius 1 is 0.781 bits per heavy atom. The zero-order valence-corrected chi connectivity index (χ0v) is 15.7. The third kappa shape index (κ3) is 1.71. The van der Waals surface area contributed by atoms with Crippen LogP contribution in [-0.2, 0) is 0 Å². The Hall–Kier alpha value is -5.58.